The minimum atomic E-state index is -1.25. The lowest BCUT2D eigenvalue weighted by Gasteiger charge is -2.33. The number of carbonyl (C=O) groups excluding carboxylic acids is 2. The SMILES string of the molecule is O=C(O)CN1C(=O)C(NC(=O)c2cc3cc(Cl)ncc3[nH]2)Cc2ccc(F)cc21. The van der Waals surface area contributed by atoms with Gasteiger partial charge in [-0.15, -0.1) is 0 Å². The van der Waals surface area contributed by atoms with Gasteiger partial charge in [0.2, 0.25) is 5.91 Å². The molecule has 148 valence electrons. The number of fused-ring (bicyclic) bond motifs is 2. The van der Waals surface area contributed by atoms with Crippen LogP contribution in [0.3, 0.4) is 0 Å². The summed E-state index contributed by atoms with van der Waals surface area (Å²) in [6.07, 6.45) is 1.60. The van der Waals surface area contributed by atoms with Crippen LogP contribution in [0, 0.1) is 5.82 Å². The number of carboxylic acids is 1. The highest BCUT2D eigenvalue weighted by molar-refractivity contribution is 6.30. The first-order valence-electron chi connectivity index (χ1n) is 8.58. The number of pyridine rings is 1. The monoisotopic (exact) mass is 416 g/mol. The van der Waals surface area contributed by atoms with E-state index in [0.29, 0.717) is 16.5 Å². The number of amides is 2. The third-order valence-electron chi connectivity index (χ3n) is 4.64. The number of hydrogen-bond acceptors (Lipinski definition) is 4. The van der Waals surface area contributed by atoms with Gasteiger partial charge in [0.15, 0.2) is 0 Å². The molecule has 10 heteroatoms. The number of carbonyl (C=O) groups is 3. The minimum absolute atomic E-state index is 0.115. The molecular weight excluding hydrogens is 403 g/mol. The molecule has 2 aromatic heterocycles. The van der Waals surface area contributed by atoms with E-state index in [0.717, 1.165) is 11.0 Å². The van der Waals surface area contributed by atoms with E-state index in [1.165, 1.54) is 18.3 Å². The molecule has 4 rings (SSSR count). The molecule has 3 aromatic rings. The summed E-state index contributed by atoms with van der Waals surface area (Å²) in [6.45, 7) is -0.641. The largest absolute Gasteiger partial charge is 0.480 e. The normalized spacial score (nSPS) is 16.0. The molecular formula is C19H14ClFN4O4. The smallest absolute Gasteiger partial charge is 0.323 e. The van der Waals surface area contributed by atoms with Gasteiger partial charge in [-0.05, 0) is 29.8 Å². The molecule has 3 N–H and O–H groups in total. The summed E-state index contributed by atoms with van der Waals surface area (Å²) in [5, 5.41) is 12.7. The number of anilines is 1. The summed E-state index contributed by atoms with van der Waals surface area (Å²) < 4.78 is 13.6. The van der Waals surface area contributed by atoms with Gasteiger partial charge in [0.25, 0.3) is 5.91 Å². The topological polar surface area (TPSA) is 115 Å². The molecule has 1 atom stereocenters. The van der Waals surface area contributed by atoms with Crippen molar-refractivity contribution in [2.75, 3.05) is 11.4 Å². The third kappa shape index (κ3) is 3.64. The van der Waals surface area contributed by atoms with Gasteiger partial charge in [0.05, 0.1) is 17.4 Å². The maximum absolute atomic E-state index is 13.6. The lowest BCUT2D eigenvalue weighted by molar-refractivity contribution is -0.137. The Morgan fingerprint density at radius 1 is 1.34 bits per heavy atom. The number of aromatic amines is 1. The second-order valence-electron chi connectivity index (χ2n) is 6.60. The zero-order valence-corrected chi connectivity index (χ0v) is 15.5. The average molecular weight is 417 g/mol. The lowest BCUT2D eigenvalue weighted by atomic mass is 9.96. The minimum Gasteiger partial charge on any atom is -0.480 e. The molecule has 29 heavy (non-hydrogen) atoms. The van der Waals surface area contributed by atoms with Crippen molar-refractivity contribution < 1.29 is 23.9 Å². The van der Waals surface area contributed by atoms with Crippen LogP contribution >= 0.6 is 11.6 Å². The number of hydrogen-bond donors (Lipinski definition) is 3. The molecule has 0 aliphatic carbocycles. The van der Waals surface area contributed by atoms with Crippen LogP contribution in [0.2, 0.25) is 5.15 Å². The summed E-state index contributed by atoms with van der Waals surface area (Å²) in [4.78, 5) is 44.5. The van der Waals surface area contributed by atoms with E-state index in [-0.39, 0.29) is 23.0 Å². The van der Waals surface area contributed by atoms with Crippen molar-refractivity contribution in [2.24, 2.45) is 0 Å². The second-order valence-corrected chi connectivity index (χ2v) is 6.99. The van der Waals surface area contributed by atoms with Crippen molar-refractivity contribution in [3.8, 4) is 0 Å². The van der Waals surface area contributed by atoms with Gasteiger partial charge in [0.1, 0.15) is 29.3 Å². The Labute approximate surface area is 168 Å². The van der Waals surface area contributed by atoms with E-state index in [2.05, 4.69) is 15.3 Å². The zero-order valence-electron chi connectivity index (χ0n) is 14.8. The Bertz CT molecular complexity index is 1160. The molecule has 0 fully saturated rings. The predicted molar refractivity (Wildman–Crippen MR) is 102 cm³/mol. The quantitative estimate of drug-likeness (QED) is 0.563. The molecule has 3 heterocycles. The first-order chi connectivity index (χ1) is 13.8. The maximum atomic E-state index is 13.6. The molecule has 2 amide bonds. The average Bonchev–Trinajstić information content (AvgIpc) is 3.08. The summed E-state index contributed by atoms with van der Waals surface area (Å²) >= 11 is 5.85. The van der Waals surface area contributed by atoms with Crippen LogP contribution in [0.4, 0.5) is 10.1 Å². The molecule has 1 aromatic carbocycles. The number of aliphatic carboxylic acids is 1. The van der Waals surface area contributed by atoms with Crippen LogP contribution in [0.5, 0.6) is 0 Å². The van der Waals surface area contributed by atoms with Crippen LogP contribution in [-0.4, -0.2) is 45.4 Å². The lowest BCUT2D eigenvalue weighted by Crippen LogP contribution is -2.54. The first-order valence-corrected chi connectivity index (χ1v) is 8.96. The molecule has 8 nitrogen and oxygen atoms in total. The summed E-state index contributed by atoms with van der Waals surface area (Å²) in [5.41, 5.74) is 1.55. The van der Waals surface area contributed by atoms with Gasteiger partial charge in [-0.2, -0.15) is 0 Å². The van der Waals surface area contributed by atoms with Crippen molar-refractivity contribution in [2.45, 2.75) is 12.5 Å². The number of nitrogens with zero attached hydrogens (tertiary/aromatic N) is 2. The van der Waals surface area contributed by atoms with Crippen molar-refractivity contribution in [1.82, 2.24) is 15.3 Å². The Morgan fingerprint density at radius 3 is 2.90 bits per heavy atom. The van der Waals surface area contributed by atoms with E-state index in [9.17, 15) is 18.8 Å². The van der Waals surface area contributed by atoms with E-state index in [1.54, 1.807) is 12.1 Å². The van der Waals surface area contributed by atoms with Crippen LogP contribution in [0.15, 0.2) is 36.5 Å². The van der Waals surface area contributed by atoms with Crippen molar-refractivity contribution in [1.29, 1.82) is 0 Å². The number of H-pyrrole nitrogens is 1. The Kier molecular flexibility index (Phi) is 4.67. The fourth-order valence-corrected chi connectivity index (χ4v) is 3.52. The fourth-order valence-electron chi connectivity index (χ4n) is 3.35. The highest BCUT2D eigenvalue weighted by Gasteiger charge is 2.35. The zero-order chi connectivity index (χ0) is 20.7. The Balaban J connectivity index is 1.62. The van der Waals surface area contributed by atoms with Gasteiger partial charge < -0.3 is 15.4 Å². The molecule has 0 saturated heterocycles. The van der Waals surface area contributed by atoms with Gasteiger partial charge in [-0.1, -0.05) is 17.7 Å². The van der Waals surface area contributed by atoms with Crippen LogP contribution in [0.1, 0.15) is 16.1 Å². The molecule has 0 saturated carbocycles. The Hall–Kier alpha value is -3.46. The number of benzene rings is 1. The number of carboxylic acid groups (broad SMARTS) is 1. The van der Waals surface area contributed by atoms with E-state index in [1.807, 2.05) is 0 Å². The summed E-state index contributed by atoms with van der Waals surface area (Å²) in [7, 11) is 0. The van der Waals surface area contributed by atoms with Crippen LogP contribution < -0.4 is 10.2 Å². The number of aromatic nitrogens is 2. The highest BCUT2D eigenvalue weighted by atomic mass is 35.5. The van der Waals surface area contributed by atoms with E-state index in [4.69, 9.17) is 16.7 Å². The third-order valence-corrected chi connectivity index (χ3v) is 4.85. The van der Waals surface area contributed by atoms with E-state index < -0.39 is 36.2 Å². The summed E-state index contributed by atoms with van der Waals surface area (Å²) in [5.74, 6) is -3.00. The van der Waals surface area contributed by atoms with Crippen molar-refractivity contribution in [3.63, 3.8) is 0 Å². The predicted octanol–water partition coefficient (Wildman–Crippen LogP) is 2.13. The fraction of sp³-hybridized carbons (Fsp3) is 0.158. The van der Waals surface area contributed by atoms with Gasteiger partial charge >= 0.3 is 5.97 Å². The molecule has 0 bridgehead atoms. The molecule has 1 aliphatic heterocycles. The van der Waals surface area contributed by atoms with Crippen molar-refractivity contribution in [3.05, 3.63) is 58.8 Å². The maximum Gasteiger partial charge on any atom is 0.323 e. The Morgan fingerprint density at radius 2 is 2.14 bits per heavy atom. The highest BCUT2D eigenvalue weighted by Crippen LogP contribution is 2.29. The molecule has 0 radical (unpaired) electrons. The van der Waals surface area contributed by atoms with Crippen LogP contribution in [0.25, 0.3) is 10.9 Å². The standard InChI is InChI=1S/C19H14ClFN4O4/c20-16-5-10-4-12(23-14(10)7-22-16)18(28)24-13-3-9-1-2-11(21)6-15(9)25(19(13)29)8-17(26)27/h1-2,4-7,13,23H,3,8H2,(H,24,28)(H,26,27). The molecule has 1 aliphatic rings. The van der Waals surface area contributed by atoms with Crippen molar-refractivity contribution >= 4 is 46.0 Å². The van der Waals surface area contributed by atoms with E-state index >= 15 is 0 Å². The number of nitrogens with one attached hydrogen (secondary N) is 2. The summed E-state index contributed by atoms with van der Waals surface area (Å²) in [6, 6.07) is 5.98. The van der Waals surface area contributed by atoms with Gasteiger partial charge in [0, 0.05) is 11.8 Å². The van der Waals surface area contributed by atoms with Crippen LogP contribution in [-0.2, 0) is 16.0 Å². The molecule has 0 spiro atoms. The molecule has 1 unspecified atom stereocenters. The number of rotatable bonds is 4. The first kappa shape index (κ1) is 18.9. The second kappa shape index (κ2) is 7.17. The number of halogens is 2. The van der Waals surface area contributed by atoms with Gasteiger partial charge in [-0.3, -0.25) is 19.3 Å². The van der Waals surface area contributed by atoms with Gasteiger partial charge in [-0.25, -0.2) is 9.37 Å².